The zero-order valence-electron chi connectivity index (χ0n) is 11.5. The number of aliphatic hydroxyl groups is 1. The molecule has 3 N–H and O–H groups in total. The van der Waals surface area contributed by atoms with Crippen LogP contribution < -0.4 is 5.32 Å². The number of methoxy groups -OCH3 is 1. The van der Waals surface area contributed by atoms with Gasteiger partial charge in [0, 0.05) is 20.4 Å². The third kappa shape index (κ3) is 4.86. The molecule has 0 aromatic heterocycles. The van der Waals surface area contributed by atoms with E-state index in [0.717, 1.165) is 7.11 Å². The van der Waals surface area contributed by atoms with Crippen LogP contribution >= 0.6 is 7.82 Å². The van der Waals surface area contributed by atoms with E-state index < -0.39 is 26.2 Å². The summed E-state index contributed by atoms with van der Waals surface area (Å²) in [5.41, 5.74) is 0.527. The minimum absolute atomic E-state index is 0.00681. The second-order valence-electron chi connectivity index (χ2n) is 4.21. The number of nitrogens with zero attached hydrogens (tertiary/aromatic N) is 1. The van der Waals surface area contributed by atoms with E-state index in [1.165, 1.54) is 18.2 Å². The van der Waals surface area contributed by atoms with Crippen molar-refractivity contribution in [1.29, 1.82) is 0 Å². The summed E-state index contributed by atoms with van der Waals surface area (Å²) in [4.78, 5) is 22.2. The number of phosphoric acid groups is 1. The first-order valence-electron chi connectivity index (χ1n) is 5.78. The van der Waals surface area contributed by atoms with Crippen LogP contribution in [0.25, 0.3) is 0 Å². The molecular formula is C10H19N2O7P. The van der Waals surface area contributed by atoms with Crippen molar-refractivity contribution >= 4 is 13.9 Å². The molecule has 2 unspecified atom stereocenters. The Morgan fingerprint density at radius 3 is 2.75 bits per heavy atom. The van der Waals surface area contributed by atoms with Crippen LogP contribution in [-0.4, -0.2) is 60.6 Å². The fraction of sp³-hybridized carbons (Fsp3) is 0.700. The largest absolute Gasteiger partial charge is 0.472 e. The summed E-state index contributed by atoms with van der Waals surface area (Å²) >= 11 is 0. The SMILES string of the molecule is COC[C@H](CN1C=C(C)C(O)NC1=O)OP(=O)(O)OC. The maximum Gasteiger partial charge on any atom is 0.472 e. The van der Waals surface area contributed by atoms with Gasteiger partial charge in [0.2, 0.25) is 0 Å². The molecule has 0 aromatic carbocycles. The van der Waals surface area contributed by atoms with Crippen molar-refractivity contribution in [1.82, 2.24) is 10.2 Å². The van der Waals surface area contributed by atoms with Crippen molar-refractivity contribution in [3.8, 4) is 0 Å². The monoisotopic (exact) mass is 310 g/mol. The van der Waals surface area contributed by atoms with E-state index in [4.69, 9.17) is 9.26 Å². The van der Waals surface area contributed by atoms with Crippen molar-refractivity contribution in [2.75, 3.05) is 27.4 Å². The third-order valence-electron chi connectivity index (χ3n) is 2.58. The normalized spacial score (nSPS) is 23.9. The number of phosphoric ester groups is 1. The van der Waals surface area contributed by atoms with E-state index >= 15 is 0 Å². The van der Waals surface area contributed by atoms with Gasteiger partial charge in [0.05, 0.1) is 13.2 Å². The van der Waals surface area contributed by atoms with Crippen LogP contribution in [0, 0.1) is 0 Å². The lowest BCUT2D eigenvalue weighted by Gasteiger charge is -2.30. The molecule has 0 aliphatic carbocycles. The van der Waals surface area contributed by atoms with E-state index in [1.54, 1.807) is 6.92 Å². The lowest BCUT2D eigenvalue weighted by atomic mass is 10.2. The number of carbonyl (C=O) groups excluding carboxylic acids is 1. The van der Waals surface area contributed by atoms with Gasteiger partial charge in [-0.05, 0) is 12.5 Å². The van der Waals surface area contributed by atoms with Gasteiger partial charge in [0.15, 0.2) is 6.23 Å². The first kappa shape index (κ1) is 17.1. The number of ether oxygens (including phenoxy) is 1. The Balaban J connectivity index is 2.75. The zero-order chi connectivity index (χ0) is 15.3. The molecule has 1 rings (SSSR count). The Hall–Kier alpha value is -0.960. The van der Waals surface area contributed by atoms with Crippen molar-refractivity contribution in [2.45, 2.75) is 19.3 Å². The summed E-state index contributed by atoms with van der Waals surface area (Å²) in [7, 11) is -1.75. The fourth-order valence-corrected chi connectivity index (χ4v) is 2.17. The molecule has 9 nitrogen and oxygen atoms in total. The molecule has 0 bridgehead atoms. The van der Waals surface area contributed by atoms with Crippen molar-refractivity contribution in [2.24, 2.45) is 0 Å². The van der Waals surface area contributed by atoms with Crippen molar-refractivity contribution in [3.05, 3.63) is 11.8 Å². The molecule has 0 saturated carbocycles. The molecule has 0 saturated heterocycles. The summed E-state index contributed by atoms with van der Waals surface area (Å²) in [6, 6.07) is -0.544. The summed E-state index contributed by atoms with van der Waals surface area (Å²) in [5, 5.41) is 11.8. The van der Waals surface area contributed by atoms with Crippen LogP contribution in [-0.2, 0) is 18.3 Å². The average Bonchev–Trinajstić information content (AvgIpc) is 2.36. The van der Waals surface area contributed by atoms with Gasteiger partial charge in [0.25, 0.3) is 0 Å². The van der Waals surface area contributed by atoms with Crippen LogP contribution in [0.4, 0.5) is 4.79 Å². The predicted octanol–water partition coefficient (Wildman–Crippen LogP) is 0.0122. The molecule has 3 atom stereocenters. The minimum atomic E-state index is -4.18. The Labute approximate surface area is 116 Å². The molecule has 20 heavy (non-hydrogen) atoms. The maximum atomic E-state index is 11.7. The highest BCUT2D eigenvalue weighted by Crippen LogP contribution is 2.43. The van der Waals surface area contributed by atoms with Crippen LogP contribution in [0.5, 0.6) is 0 Å². The second-order valence-corrected chi connectivity index (χ2v) is 5.72. The van der Waals surface area contributed by atoms with Crippen LogP contribution in [0.2, 0.25) is 0 Å². The Kier molecular flexibility index (Phi) is 6.12. The van der Waals surface area contributed by atoms with E-state index in [1.807, 2.05) is 0 Å². The number of aliphatic hydroxyl groups excluding tert-OH is 1. The number of hydrogen-bond donors (Lipinski definition) is 3. The number of rotatable bonds is 7. The molecule has 1 aliphatic heterocycles. The number of carbonyl (C=O) groups is 1. The van der Waals surface area contributed by atoms with Gasteiger partial charge in [-0.25, -0.2) is 9.36 Å². The first-order chi connectivity index (χ1) is 9.29. The van der Waals surface area contributed by atoms with Gasteiger partial charge in [-0.1, -0.05) is 0 Å². The zero-order valence-corrected chi connectivity index (χ0v) is 12.4. The fourth-order valence-electron chi connectivity index (χ4n) is 1.58. The van der Waals surface area contributed by atoms with Crippen molar-refractivity contribution < 1.29 is 33.1 Å². The van der Waals surface area contributed by atoms with Gasteiger partial charge in [-0.3, -0.25) is 13.9 Å². The predicted molar refractivity (Wildman–Crippen MR) is 68.6 cm³/mol. The van der Waals surface area contributed by atoms with Crippen molar-refractivity contribution in [3.63, 3.8) is 0 Å². The maximum absolute atomic E-state index is 11.7. The topological polar surface area (TPSA) is 118 Å². The van der Waals surface area contributed by atoms with Gasteiger partial charge in [-0.15, -0.1) is 0 Å². The molecule has 2 amide bonds. The van der Waals surface area contributed by atoms with E-state index in [2.05, 4.69) is 9.84 Å². The molecule has 0 radical (unpaired) electrons. The molecule has 0 spiro atoms. The quantitative estimate of drug-likeness (QED) is 0.567. The standard InChI is InChI=1S/C10H19N2O7P/c1-7-4-12(10(14)11-9(7)13)5-8(6-17-2)19-20(15,16)18-3/h4,8-9,13H,5-6H2,1-3H3,(H,11,14)(H,15,16)/t8-,9?/m0/s1. The highest BCUT2D eigenvalue weighted by atomic mass is 31.2. The molecule has 0 fully saturated rings. The van der Waals surface area contributed by atoms with Gasteiger partial charge in [-0.2, -0.15) is 0 Å². The Morgan fingerprint density at radius 2 is 2.20 bits per heavy atom. The summed E-state index contributed by atoms with van der Waals surface area (Å²) in [6.45, 7) is 1.60. The Bertz CT molecular complexity index is 428. The van der Waals surface area contributed by atoms with E-state index in [-0.39, 0.29) is 13.2 Å². The number of urea groups is 1. The molecule has 1 aliphatic rings. The van der Waals surface area contributed by atoms with Gasteiger partial charge < -0.3 is 20.1 Å². The lowest BCUT2D eigenvalue weighted by molar-refractivity contribution is 0.0383. The van der Waals surface area contributed by atoms with Crippen LogP contribution in [0.3, 0.4) is 0 Å². The van der Waals surface area contributed by atoms with Gasteiger partial charge >= 0.3 is 13.9 Å². The Morgan fingerprint density at radius 1 is 1.55 bits per heavy atom. The van der Waals surface area contributed by atoms with Crippen LogP contribution in [0.1, 0.15) is 6.92 Å². The highest BCUT2D eigenvalue weighted by Gasteiger charge is 2.30. The lowest BCUT2D eigenvalue weighted by Crippen LogP contribution is -2.50. The number of nitrogens with one attached hydrogen (secondary N) is 1. The minimum Gasteiger partial charge on any atom is -0.382 e. The summed E-state index contributed by atoms with van der Waals surface area (Å²) < 4.78 is 25.5. The molecule has 10 heteroatoms. The number of amides is 2. The average molecular weight is 310 g/mol. The first-order valence-corrected chi connectivity index (χ1v) is 7.28. The van der Waals surface area contributed by atoms with E-state index in [0.29, 0.717) is 5.57 Å². The number of hydrogen-bond acceptors (Lipinski definition) is 6. The molecule has 116 valence electrons. The molecule has 0 aromatic rings. The summed E-state index contributed by atoms with van der Waals surface area (Å²) in [6.07, 6.45) is -0.464. The highest BCUT2D eigenvalue weighted by molar-refractivity contribution is 7.47. The second kappa shape index (κ2) is 7.16. The van der Waals surface area contributed by atoms with Crippen LogP contribution in [0.15, 0.2) is 11.8 Å². The third-order valence-corrected chi connectivity index (χ3v) is 3.60. The smallest absolute Gasteiger partial charge is 0.382 e. The molecule has 1 heterocycles. The van der Waals surface area contributed by atoms with E-state index in [9.17, 15) is 19.4 Å². The summed E-state index contributed by atoms with van der Waals surface area (Å²) in [5.74, 6) is 0. The van der Waals surface area contributed by atoms with Gasteiger partial charge in [0.1, 0.15) is 6.10 Å². The molecular weight excluding hydrogens is 291 g/mol.